The van der Waals surface area contributed by atoms with Gasteiger partial charge in [-0.15, -0.1) is 0 Å². The summed E-state index contributed by atoms with van der Waals surface area (Å²) >= 11 is 0. The highest BCUT2D eigenvalue weighted by molar-refractivity contribution is 5.85. The highest BCUT2D eigenvalue weighted by Crippen LogP contribution is 2.15. The Morgan fingerprint density at radius 2 is 2.37 bits per heavy atom. The largest absolute Gasteiger partial charge is 0.478 e. The van der Waals surface area contributed by atoms with Gasteiger partial charge in [-0.05, 0) is 41.8 Å². The number of hydrogen-bond donors (Lipinski definition) is 1. The molecule has 1 aromatic rings. The number of carbonyl (C=O) groups is 1. The van der Waals surface area contributed by atoms with Crippen LogP contribution in [0.1, 0.15) is 17.5 Å². The molecular weight excluding hydrogens is 251 g/mol. The summed E-state index contributed by atoms with van der Waals surface area (Å²) in [5.41, 5.74) is 1.18. The quantitative estimate of drug-likeness (QED) is 0.830. The molecule has 0 amide bonds. The van der Waals surface area contributed by atoms with Crippen LogP contribution in [0.15, 0.2) is 24.3 Å². The Morgan fingerprint density at radius 1 is 1.53 bits per heavy atom. The molecule has 1 aliphatic heterocycles. The van der Waals surface area contributed by atoms with E-state index in [1.165, 1.54) is 18.2 Å². The predicted molar refractivity (Wildman–Crippen MR) is 67.1 cm³/mol. The standard InChI is InChI=1S/C14H15FO4/c15-12-6-10(1-2-14(16)17)5-11(7-12)8-19-13-3-4-18-9-13/h1-2,5-7,13H,3-4,8-9H2,(H,16,17). The molecule has 0 spiro atoms. The Morgan fingerprint density at radius 3 is 3.05 bits per heavy atom. The molecule has 1 aromatic carbocycles. The Balaban J connectivity index is 2.01. The van der Waals surface area contributed by atoms with Crippen molar-refractivity contribution in [2.24, 2.45) is 0 Å². The van der Waals surface area contributed by atoms with Crippen LogP contribution < -0.4 is 0 Å². The van der Waals surface area contributed by atoms with E-state index in [4.69, 9.17) is 14.6 Å². The van der Waals surface area contributed by atoms with Crippen molar-refractivity contribution in [3.8, 4) is 0 Å². The van der Waals surface area contributed by atoms with E-state index in [-0.39, 0.29) is 6.10 Å². The van der Waals surface area contributed by atoms with Crippen LogP contribution in [0.5, 0.6) is 0 Å². The second kappa shape index (κ2) is 6.45. The van der Waals surface area contributed by atoms with Gasteiger partial charge in [0.1, 0.15) is 5.82 Å². The Labute approximate surface area is 110 Å². The molecule has 1 unspecified atom stereocenters. The Bertz CT molecular complexity index is 478. The number of hydrogen-bond acceptors (Lipinski definition) is 3. The number of ether oxygens (including phenoxy) is 2. The predicted octanol–water partition coefficient (Wildman–Crippen LogP) is 2.23. The third-order valence-electron chi connectivity index (χ3n) is 2.77. The number of carboxylic acid groups (broad SMARTS) is 1. The molecule has 0 aromatic heterocycles. The maximum atomic E-state index is 13.4. The second-order valence-electron chi connectivity index (χ2n) is 4.36. The van der Waals surface area contributed by atoms with Crippen molar-refractivity contribution in [3.05, 3.63) is 41.2 Å². The first-order valence-electron chi connectivity index (χ1n) is 6.03. The molecule has 0 radical (unpaired) electrons. The lowest BCUT2D eigenvalue weighted by atomic mass is 10.1. The molecule has 4 nitrogen and oxygen atoms in total. The Hall–Kier alpha value is -1.72. The monoisotopic (exact) mass is 266 g/mol. The van der Waals surface area contributed by atoms with E-state index in [1.54, 1.807) is 6.07 Å². The molecular formula is C14H15FO4. The van der Waals surface area contributed by atoms with Gasteiger partial charge < -0.3 is 14.6 Å². The first-order valence-corrected chi connectivity index (χ1v) is 6.03. The Kier molecular flexibility index (Phi) is 4.65. The zero-order chi connectivity index (χ0) is 13.7. The van der Waals surface area contributed by atoms with Gasteiger partial charge in [0.15, 0.2) is 0 Å². The summed E-state index contributed by atoms with van der Waals surface area (Å²) in [6.07, 6.45) is 3.24. The highest BCUT2D eigenvalue weighted by atomic mass is 19.1. The van der Waals surface area contributed by atoms with Crippen molar-refractivity contribution in [2.75, 3.05) is 13.2 Å². The van der Waals surface area contributed by atoms with E-state index in [2.05, 4.69) is 0 Å². The summed E-state index contributed by atoms with van der Waals surface area (Å²) in [6, 6.07) is 4.37. The van der Waals surface area contributed by atoms with Gasteiger partial charge in [-0.1, -0.05) is 0 Å². The fourth-order valence-electron chi connectivity index (χ4n) is 1.88. The zero-order valence-corrected chi connectivity index (χ0v) is 10.3. The summed E-state index contributed by atoms with van der Waals surface area (Å²) < 4.78 is 24.2. The fraction of sp³-hybridized carbons (Fsp3) is 0.357. The van der Waals surface area contributed by atoms with E-state index in [1.807, 2.05) is 0 Å². The minimum absolute atomic E-state index is 0.0567. The first-order chi connectivity index (χ1) is 9.13. The van der Waals surface area contributed by atoms with Crippen molar-refractivity contribution >= 4 is 12.0 Å². The van der Waals surface area contributed by atoms with Crippen molar-refractivity contribution < 1.29 is 23.8 Å². The van der Waals surface area contributed by atoms with E-state index in [9.17, 15) is 9.18 Å². The van der Waals surface area contributed by atoms with Gasteiger partial charge in [-0.2, -0.15) is 0 Å². The fourth-order valence-corrected chi connectivity index (χ4v) is 1.88. The molecule has 1 fully saturated rings. The molecule has 1 saturated heterocycles. The van der Waals surface area contributed by atoms with Crippen molar-refractivity contribution in [2.45, 2.75) is 19.1 Å². The number of halogens is 1. The van der Waals surface area contributed by atoms with E-state index in [0.29, 0.717) is 30.9 Å². The van der Waals surface area contributed by atoms with E-state index in [0.717, 1.165) is 12.5 Å². The minimum atomic E-state index is -1.06. The summed E-state index contributed by atoms with van der Waals surface area (Å²) in [7, 11) is 0. The van der Waals surface area contributed by atoms with Gasteiger partial charge in [0, 0.05) is 12.7 Å². The molecule has 0 aliphatic carbocycles. The summed E-state index contributed by atoms with van der Waals surface area (Å²) in [5, 5.41) is 8.54. The van der Waals surface area contributed by atoms with Crippen molar-refractivity contribution in [1.29, 1.82) is 0 Å². The number of carboxylic acids is 1. The van der Waals surface area contributed by atoms with Gasteiger partial charge >= 0.3 is 5.97 Å². The van der Waals surface area contributed by atoms with Crippen molar-refractivity contribution in [3.63, 3.8) is 0 Å². The third-order valence-corrected chi connectivity index (χ3v) is 2.77. The van der Waals surface area contributed by atoms with Gasteiger partial charge in [0.25, 0.3) is 0 Å². The summed E-state index contributed by atoms with van der Waals surface area (Å²) in [4.78, 5) is 10.4. The molecule has 1 N–H and O–H groups in total. The SMILES string of the molecule is O=C(O)C=Cc1cc(F)cc(COC2CCOC2)c1. The van der Waals surface area contributed by atoms with Crippen LogP contribution in [0.3, 0.4) is 0 Å². The first kappa shape index (κ1) is 13.7. The second-order valence-corrected chi connectivity index (χ2v) is 4.36. The van der Waals surface area contributed by atoms with Gasteiger partial charge in [-0.25, -0.2) is 9.18 Å². The lowest BCUT2D eigenvalue weighted by Gasteiger charge is -2.10. The van der Waals surface area contributed by atoms with Crippen LogP contribution in [0.4, 0.5) is 4.39 Å². The molecule has 1 heterocycles. The molecule has 0 saturated carbocycles. The normalized spacial score (nSPS) is 19.1. The lowest BCUT2D eigenvalue weighted by molar-refractivity contribution is -0.131. The van der Waals surface area contributed by atoms with Gasteiger partial charge in [0.2, 0.25) is 0 Å². The molecule has 1 aliphatic rings. The number of rotatable bonds is 5. The topological polar surface area (TPSA) is 55.8 Å². The molecule has 0 bridgehead atoms. The smallest absolute Gasteiger partial charge is 0.328 e. The van der Waals surface area contributed by atoms with Crippen LogP contribution in [0.25, 0.3) is 6.08 Å². The number of benzene rings is 1. The average molecular weight is 266 g/mol. The van der Waals surface area contributed by atoms with Crippen LogP contribution >= 0.6 is 0 Å². The molecule has 19 heavy (non-hydrogen) atoms. The third kappa shape index (κ3) is 4.46. The molecule has 2 rings (SSSR count). The lowest BCUT2D eigenvalue weighted by Crippen LogP contribution is -2.12. The zero-order valence-electron chi connectivity index (χ0n) is 10.3. The minimum Gasteiger partial charge on any atom is -0.478 e. The van der Waals surface area contributed by atoms with Gasteiger partial charge in [0.05, 0.1) is 19.3 Å². The van der Waals surface area contributed by atoms with Crippen LogP contribution in [-0.4, -0.2) is 30.4 Å². The molecule has 5 heteroatoms. The maximum absolute atomic E-state index is 13.4. The van der Waals surface area contributed by atoms with Crippen LogP contribution in [0, 0.1) is 5.82 Å². The summed E-state index contributed by atoms with van der Waals surface area (Å²) in [6.45, 7) is 1.56. The molecule has 102 valence electrons. The molecule has 1 atom stereocenters. The average Bonchev–Trinajstić information content (AvgIpc) is 2.86. The number of aliphatic carboxylic acids is 1. The van der Waals surface area contributed by atoms with Crippen LogP contribution in [0.2, 0.25) is 0 Å². The van der Waals surface area contributed by atoms with Crippen molar-refractivity contribution in [1.82, 2.24) is 0 Å². The summed E-state index contributed by atoms with van der Waals surface area (Å²) in [5.74, 6) is -1.47. The van der Waals surface area contributed by atoms with Gasteiger partial charge in [-0.3, -0.25) is 0 Å². The van der Waals surface area contributed by atoms with E-state index < -0.39 is 11.8 Å². The van der Waals surface area contributed by atoms with Crippen LogP contribution in [-0.2, 0) is 20.9 Å². The van der Waals surface area contributed by atoms with E-state index >= 15 is 0 Å². The maximum Gasteiger partial charge on any atom is 0.328 e. The highest BCUT2D eigenvalue weighted by Gasteiger charge is 2.15.